The molecule has 122 valence electrons. The van der Waals surface area contributed by atoms with Gasteiger partial charge in [-0.1, -0.05) is 62.7 Å². The summed E-state index contributed by atoms with van der Waals surface area (Å²) in [5.41, 5.74) is 2.14. The number of benzene rings is 2. The maximum atomic E-state index is 12.7. The van der Waals surface area contributed by atoms with Crippen LogP contribution in [0.5, 0.6) is 5.75 Å². The van der Waals surface area contributed by atoms with Crippen molar-refractivity contribution in [2.24, 2.45) is 5.92 Å². The van der Waals surface area contributed by atoms with Gasteiger partial charge in [0.1, 0.15) is 5.75 Å². The first-order valence-corrected chi connectivity index (χ1v) is 8.11. The number of amides is 1. The number of methoxy groups -OCH3 is 1. The minimum atomic E-state index is -0.112. The molecule has 0 aromatic heterocycles. The van der Waals surface area contributed by atoms with Gasteiger partial charge in [0.2, 0.25) is 5.91 Å². The van der Waals surface area contributed by atoms with Crippen molar-refractivity contribution in [2.45, 2.75) is 32.7 Å². The van der Waals surface area contributed by atoms with Gasteiger partial charge in [-0.2, -0.15) is 0 Å². The molecule has 1 N–H and O–H groups in total. The van der Waals surface area contributed by atoms with Crippen LogP contribution in [0, 0.1) is 5.92 Å². The molecule has 23 heavy (non-hydrogen) atoms. The molecule has 0 heterocycles. The Morgan fingerprint density at radius 3 is 2.30 bits per heavy atom. The van der Waals surface area contributed by atoms with E-state index in [2.05, 4.69) is 19.2 Å². The molecule has 2 atom stereocenters. The molecule has 2 aromatic rings. The molecule has 0 unspecified atom stereocenters. The summed E-state index contributed by atoms with van der Waals surface area (Å²) in [7, 11) is 1.65. The van der Waals surface area contributed by atoms with Crippen molar-refractivity contribution < 1.29 is 9.53 Å². The Kier molecular flexibility index (Phi) is 6.21. The summed E-state index contributed by atoms with van der Waals surface area (Å²) in [5, 5.41) is 3.07. The van der Waals surface area contributed by atoms with Crippen molar-refractivity contribution >= 4 is 5.91 Å². The average molecular weight is 311 g/mol. The van der Waals surface area contributed by atoms with E-state index in [0.717, 1.165) is 23.3 Å². The van der Waals surface area contributed by atoms with Gasteiger partial charge in [-0.25, -0.2) is 0 Å². The third kappa shape index (κ3) is 4.59. The zero-order valence-corrected chi connectivity index (χ0v) is 14.1. The fraction of sp³-hybridized carbons (Fsp3) is 0.350. The van der Waals surface area contributed by atoms with Crippen LogP contribution < -0.4 is 10.1 Å². The summed E-state index contributed by atoms with van der Waals surface area (Å²) in [6, 6.07) is 17.8. The Hall–Kier alpha value is -2.29. The minimum absolute atomic E-state index is 0.0846. The molecule has 2 aromatic carbocycles. The maximum Gasteiger partial charge on any atom is 0.228 e. The van der Waals surface area contributed by atoms with Crippen molar-refractivity contribution in [1.82, 2.24) is 5.32 Å². The van der Waals surface area contributed by atoms with Gasteiger partial charge in [0.05, 0.1) is 13.0 Å². The van der Waals surface area contributed by atoms with Crippen molar-refractivity contribution in [2.75, 3.05) is 7.11 Å². The fourth-order valence-corrected chi connectivity index (χ4v) is 2.68. The zero-order valence-electron chi connectivity index (χ0n) is 14.1. The maximum absolute atomic E-state index is 12.7. The van der Waals surface area contributed by atoms with E-state index >= 15 is 0 Å². The van der Waals surface area contributed by atoms with E-state index < -0.39 is 0 Å². The predicted molar refractivity (Wildman–Crippen MR) is 93.5 cm³/mol. The van der Waals surface area contributed by atoms with Gasteiger partial charge >= 0.3 is 0 Å². The summed E-state index contributed by atoms with van der Waals surface area (Å²) in [5.74, 6) is 1.09. The third-order valence-corrected chi connectivity index (χ3v) is 4.28. The van der Waals surface area contributed by atoms with E-state index in [1.165, 1.54) is 0 Å². The number of ether oxygens (including phenoxy) is 1. The van der Waals surface area contributed by atoms with Crippen LogP contribution in [0.15, 0.2) is 54.6 Å². The van der Waals surface area contributed by atoms with Gasteiger partial charge in [0.25, 0.3) is 0 Å². The molecule has 0 spiro atoms. The van der Waals surface area contributed by atoms with Crippen molar-refractivity contribution in [1.29, 1.82) is 0 Å². The van der Waals surface area contributed by atoms with Crippen LogP contribution in [0.4, 0.5) is 0 Å². The van der Waals surface area contributed by atoms with Gasteiger partial charge in [-0.15, -0.1) is 0 Å². The molecule has 0 aliphatic heterocycles. The van der Waals surface area contributed by atoms with E-state index in [0.29, 0.717) is 12.5 Å². The molecule has 0 saturated carbocycles. The highest BCUT2D eigenvalue weighted by Gasteiger charge is 2.25. The molecule has 3 nitrogen and oxygen atoms in total. The van der Waals surface area contributed by atoms with E-state index in [1.807, 2.05) is 54.6 Å². The van der Waals surface area contributed by atoms with Crippen molar-refractivity contribution in [3.8, 4) is 5.75 Å². The van der Waals surface area contributed by atoms with Crippen LogP contribution in [0.2, 0.25) is 0 Å². The smallest absolute Gasteiger partial charge is 0.228 e. The number of nitrogens with one attached hydrogen (secondary N) is 1. The normalized spacial score (nSPS) is 13.2. The molecule has 0 aliphatic carbocycles. The predicted octanol–water partition coefficient (Wildman–Crippen LogP) is 4.14. The first-order chi connectivity index (χ1) is 11.2. The van der Waals surface area contributed by atoms with Crippen molar-refractivity contribution in [3.63, 3.8) is 0 Å². The summed E-state index contributed by atoms with van der Waals surface area (Å²) in [6.45, 7) is 4.78. The lowest BCUT2D eigenvalue weighted by atomic mass is 9.85. The lowest BCUT2D eigenvalue weighted by molar-refractivity contribution is -0.123. The lowest BCUT2D eigenvalue weighted by Crippen LogP contribution is -2.32. The monoisotopic (exact) mass is 311 g/mol. The molecular weight excluding hydrogens is 286 g/mol. The Bertz CT molecular complexity index is 607. The summed E-state index contributed by atoms with van der Waals surface area (Å²) in [4.78, 5) is 12.7. The van der Waals surface area contributed by atoms with Crippen LogP contribution in [0.1, 0.15) is 37.3 Å². The Morgan fingerprint density at radius 1 is 1.09 bits per heavy atom. The van der Waals surface area contributed by atoms with Crippen LogP contribution in [0.3, 0.4) is 0 Å². The zero-order chi connectivity index (χ0) is 16.7. The largest absolute Gasteiger partial charge is 0.497 e. The Morgan fingerprint density at radius 2 is 1.74 bits per heavy atom. The first kappa shape index (κ1) is 17.1. The van der Waals surface area contributed by atoms with Crippen LogP contribution in [-0.2, 0) is 11.3 Å². The third-order valence-electron chi connectivity index (χ3n) is 4.28. The van der Waals surface area contributed by atoms with E-state index in [-0.39, 0.29) is 11.8 Å². The second-order valence-corrected chi connectivity index (χ2v) is 5.84. The van der Waals surface area contributed by atoms with Crippen LogP contribution in [0.25, 0.3) is 0 Å². The molecule has 1 amide bonds. The Labute approximate surface area is 138 Å². The van der Waals surface area contributed by atoms with E-state index in [9.17, 15) is 4.79 Å². The van der Waals surface area contributed by atoms with Crippen LogP contribution >= 0.6 is 0 Å². The molecule has 0 aliphatic rings. The van der Waals surface area contributed by atoms with Gasteiger partial charge in [-0.05, 0) is 29.2 Å². The fourth-order valence-electron chi connectivity index (χ4n) is 2.68. The highest BCUT2D eigenvalue weighted by atomic mass is 16.5. The number of hydrogen-bond acceptors (Lipinski definition) is 2. The molecule has 2 rings (SSSR count). The van der Waals surface area contributed by atoms with Gasteiger partial charge in [0.15, 0.2) is 0 Å². The number of hydrogen-bond donors (Lipinski definition) is 1. The van der Waals surface area contributed by atoms with Gasteiger partial charge < -0.3 is 10.1 Å². The molecule has 0 radical (unpaired) electrons. The number of carbonyl (C=O) groups excluding carboxylic acids is 1. The summed E-state index contributed by atoms with van der Waals surface area (Å²) >= 11 is 0. The summed E-state index contributed by atoms with van der Waals surface area (Å²) in [6.07, 6.45) is 0.968. The highest BCUT2D eigenvalue weighted by Crippen LogP contribution is 2.27. The molecule has 0 bridgehead atoms. The van der Waals surface area contributed by atoms with Gasteiger partial charge in [0, 0.05) is 6.54 Å². The molecule has 0 fully saturated rings. The topological polar surface area (TPSA) is 38.3 Å². The lowest BCUT2D eigenvalue weighted by Gasteiger charge is -2.23. The number of carbonyl (C=O) groups is 1. The van der Waals surface area contributed by atoms with Crippen LogP contribution in [-0.4, -0.2) is 13.0 Å². The quantitative estimate of drug-likeness (QED) is 0.834. The SMILES string of the molecule is CC[C@@H](C)[C@@H](C(=O)NCc1ccc(OC)cc1)c1ccccc1. The number of rotatable bonds is 7. The van der Waals surface area contributed by atoms with Gasteiger partial charge in [-0.3, -0.25) is 4.79 Å². The standard InChI is InChI=1S/C20H25NO2/c1-4-15(2)19(17-8-6-5-7-9-17)20(22)21-14-16-10-12-18(23-3)13-11-16/h5-13,15,19H,4,14H2,1-3H3,(H,21,22)/t15-,19-/m1/s1. The highest BCUT2D eigenvalue weighted by molar-refractivity contribution is 5.83. The minimum Gasteiger partial charge on any atom is -0.497 e. The Balaban J connectivity index is 2.05. The molecule has 3 heteroatoms. The average Bonchev–Trinajstić information content (AvgIpc) is 2.61. The van der Waals surface area contributed by atoms with E-state index in [4.69, 9.17) is 4.74 Å². The van der Waals surface area contributed by atoms with Crippen molar-refractivity contribution in [3.05, 3.63) is 65.7 Å². The molecular formula is C20H25NO2. The van der Waals surface area contributed by atoms with E-state index in [1.54, 1.807) is 7.11 Å². The first-order valence-electron chi connectivity index (χ1n) is 8.11. The molecule has 0 saturated heterocycles. The summed E-state index contributed by atoms with van der Waals surface area (Å²) < 4.78 is 5.15. The second kappa shape index (κ2) is 8.37. The second-order valence-electron chi connectivity index (χ2n) is 5.84.